The van der Waals surface area contributed by atoms with Crippen LogP contribution in [-0.4, -0.2) is 12.6 Å². The average molecular weight is 268 g/mol. The molecule has 0 aliphatic heterocycles. The van der Waals surface area contributed by atoms with E-state index in [9.17, 15) is 4.79 Å². The molecule has 1 unspecified atom stereocenters. The molecule has 0 amide bonds. The van der Waals surface area contributed by atoms with Crippen LogP contribution in [0.1, 0.15) is 78.6 Å². The largest absolute Gasteiger partial charge is 0.466 e. The fourth-order valence-electron chi connectivity index (χ4n) is 2.08. The Bertz CT molecular complexity index is 233. The lowest BCUT2D eigenvalue weighted by Gasteiger charge is -2.06. The van der Waals surface area contributed by atoms with Crippen molar-refractivity contribution >= 4 is 5.97 Å². The maximum Gasteiger partial charge on any atom is 0.302 e. The van der Waals surface area contributed by atoms with E-state index >= 15 is 0 Å². The van der Waals surface area contributed by atoms with E-state index < -0.39 is 0 Å². The van der Waals surface area contributed by atoms with E-state index in [2.05, 4.69) is 26.0 Å². The predicted octanol–water partition coefficient (Wildman–Crippen LogP) is 5.27. The Morgan fingerprint density at radius 2 is 1.74 bits per heavy atom. The number of carbonyl (C=O) groups is 1. The second kappa shape index (κ2) is 13.6. The quantitative estimate of drug-likeness (QED) is 0.274. The minimum absolute atomic E-state index is 0.162. The summed E-state index contributed by atoms with van der Waals surface area (Å²) in [7, 11) is 0. The van der Waals surface area contributed by atoms with Crippen molar-refractivity contribution in [2.45, 2.75) is 78.6 Å². The van der Waals surface area contributed by atoms with Crippen molar-refractivity contribution in [3.63, 3.8) is 0 Å². The van der Waals surface area contributed by atoms with Gasteiger partial charge in [0.1, 0.15) is 0 Å². The molecule has 0 radical (unpaired) electrons. The van der Waals surface area contributed by atoms with Crippen LogP contribution in [0, 0.1) is 5.92 Å². The van der Waals surface area contributed by atoms with E-state index in [-0.39, 0.29) is 5.97 Å². The average Bonchev–Trinajstić information content (AvgIpc) is 2.36. The second-order valence-corrected chi connectivity index (χ2v) is 5.44. The lowest BCUT2D eigenvalue weighted by atomic mass is 10.0. The van der Waals surface area contributed by atoms with Crippen LogP contribution in [0.5, 0.6) is 0 Å². The van der Waals surface area contributed by atoms with Crippen molar-refractivity contribution in [2.24, 2.45) is 5.92 Å². The summed E-state index contributed by atoms with van der Waals surface area (Å²) < 4.78 is 4.90. The Labute approximate surface area is 119 Å². The van der Waals surface area contributed by atoms with Crippen LogP contribution < -0.4 is 0 Å². The molecule has 0 aromatic carbocycles. The lowest BCUT2D eigenvalue weighted by Crippen LogP contribution is -2.00. The molecule has 0 spiro atoms. The van der Waals surface area contributed by atoms with Crippen LogP contribution >= 0.6 is 0 Å². The number of hydrogen-bond acceptors (Lipinski definition) is 2. The van der Waals surface area contributed by atoms with Crippen LogP contribution in [0.15, 0.2) is 12.2 Å². The maximum absolute atomic E-state index is 10.5. The number of ether oxygens (including phenoxy) is 1. The predicted molar refractivity (Wildman–Crippen MR) is 82.2 cm³/mol. The standard InChI is InChI=1S/C17H32O2/c1-4-5-10-13-16(2)14-11-8-6-7-9-12-15-19-17(3)18/h10,13,16H,4-9,11-12,14-15H2,1-3H3/b13-10-. The Morgan fingerprint density at radius 3 is 2.37 bits per heavy atom. The van der Waals surface area contributed by atoms with E-state index in [1.807, 2.05) is 0 Å². The van der Waals surface area contributed by atoms with Crippen LogP contribution in [0.25, 0.3) is 0 Å². The number of hydrogen-bond donors (Lipinski definition) is 0. The smallest absolute Gasteiger partial charge is 0.302 e. The second-order valence-electron chi connectivity index (χ2n) is 5.44. The first-order valence-corrected chi connectivity index (χ1v) is 7.96. The molecule has 2 heteroatoms. The van der Waals surface area contributed by atoms with Gasteiger partial charge >= 0.3 is 5.97 Å². The van der Waals surface area contributed by atoms with E-state index in [4.69, 9.17) is 4.74 Å². The first-order chi connectivity index (χ1) is 9.16. The molecule has 0 saturated heterocycles. The summed E-state index contributed by atoms with van der Waals surface area (Å²) in [5.41, 5.74) is 0. The highest BCUT2D eigenvalue weighted by atomic mass is 16.5. The van der Waals surface area contributed by atoms with Crippen molar-refractivity contribution in [1.82, 2.24) is 0 Å². The molecule has 0 aromatic heterocycles. The summed E-state index contributed by atoms with van der Waals surface area (Å²) in [4.78, 5) is 10.5. The van der Waals surface area contributed by atoms with E-state index in [1.54, 1.807) is 0 Å². The molecule has 1 atom stereocenters. The van der Waals surface area contributed by atoms with Gasteiger partial charge in [0.2, 0.25) is 0 Å². The zero-order valence-corrected chi connectivity index (χ0v) is 13.1. The zero-order chi connectivity index (χ0) is 14.3. The molecule has 0 aliphatic carbocycles. The van der Waals surface area contributed by atoms with Crippen molar-refractivity contribution in [2.75, 3.05) is 6.61 Å². The summed E-state index contributed by atoms with van der Waals surface area (Å²) in [6.45, 7) is 6.59. The molecule has 112 valence electrons. The van der Waals surface area contributed by atoms with Gasteiger partial charge in [0.05, 0.1) is 6.61 Å². The molecular formula is C17H32O2. The van der Waals surface area contributed by atoms with Gasteiger partial charge in [0, 0.05) is 6.92 Å². The monoisotopic (exact) mass is 268 g/mol. The van der Waals surface area contributed by atoms with Gasteiger partial charge in [-0.05, 0) is 25.2 Å². The molecule has 0 aliphatic rings. The first-order valence-electron chi connectivity index (χ1n) is 7.96. The molecular weight excluding hydrogens is 236 g/mol. The van der Waals surface area contributed by atoms with Crippen molar-refractivity contribution in [1.29, 1.82) is 0 Å². The molecule has 0 N–H and O–H groups in total. The molecule has 19 heavy (non-hydrogen) atoms. The van der Waals surface area contributed by atoms with Crippen LogP contribution in [-0.2, 0) is 9.53 Å². The van der Waals surface area contributed by atoms with Crippen LogP contribution in [0.2, 0.25) is 0 Å². The number of allylic oxidation sites excluding steroid dienone is 2. The van der Waals surface area contributed by atoms with Crippen molar-refractivity contribution in [3.05, 3.63) is 12.2 Å². The number of rotatable bonds is 12. The third-order valence-electron chi connectivity index (χ3n) is 3.28. The van der Waals surface area contributed by atoms with Crippen LogP contribution in [0.4, 0.5) is 0 Å². The highest BCUT2D eigenvalue weighted by Gasteiger charge is 1.97. The molecule has 0 fully saturated rings. The van der Waals surface area contributed by atoms with Gasteiger partial charge in [0.15, 0.2) is 0 Å². The van der Waals surface area contributed by atoms with E-state index in [1.165, 1.54) is 58.3 Å². The minimum atomic E-state index is -0.162. The summed E-state index contributed by atoms with van der Waals surface area (Å²) in [5, 5.41) is 0. The molecule has 0 bridgehead atoms. The van der Waals surface area contributed by atoms with E-state index in [0.717, 1.165) is 12.3 Å². The number of unbranched alkanes of at least 4 members (excludes halogenated alkanes) is 6. The SMILES string of the molecule is CCC/C=C\C(C)CCCCCCCCOC(C)=O. The van der Waals surface area contributed by atoms with Crippen LogP contribution in [0.3, 0.4) is 0 Å². The topological polar surface area (TPSA) is 26.3 Å². The van der Waals surface area contributed by atoms with E-state index in [0.29, 0.717) is 6.61 Å². The Balaban J connectivity index is 3.20. The van der Waals surface area contributed by atoms with Gasteiger partial charge in [-0.15, -0.1) is 0 Å². The number of carbonyl (C=O) groups excluding carboxylic acids is 1. The summed E-state index contributed by atoms with van der Waals surface area (Å²) in [6, 6.07) is 0. The molecule has 2 nitrogen and oxygen atoms in total. The van der Waals surface area contributed by atoms with Gasteiger partial charge in [-0.1, -0.05) is 64.5 Å². The van der Waals surface area contributed by atoms with Crippen molar-refractivity contribution in [3.8, 4) is 0 Å². The zero-order valence-electron chi connectivity index (χ0n) is 13.1. The van der Waals surface area contributed by atoms with Gasteiger partial charge in [-0.2, -0.15) is 0 Å². The third kappa shape index (κ3) is 15.2. The summed E-state index contributed by atoms with van der Waals surface area (Å²) in [6.07, 6.45) is 15.9. The first kappa shape index (κ1) is 18.2. The fraction of sp³-hybridized carbons (Fsp3) is 0.824. The molecule has 0 rings (SSSR count). The van der Waals surface area contributed by atoms with Gasteiger partial charge in [0.25, 0.3) is 0 Å². The Morgan fingerprint density at radius 1 is 1.11 bits per heavy atom. The van der Waals surface area contributed by atoms with Gasteiger partial charge in [-0.25, -0.2) is 0 Å². The van der Waals surface area contributed by atoms with Gasteiger partial charge in [-0.3, -0.25) is 4.79 Å². The maximum atomic E-state index is 10.5. The fourth-order valence-corrected chi connectivity index (χ4v) is 2.08. The van der Waals surface area contributed by atoms with Crippen molar-refractivity contribution < 1.29 is 9.53 Å². The number of esters is 1. The third-order valence-corrected chi connectivity index (χ3v) is 3.28. The summed E-state index contributed by atoms with van der Waals surface area (Å²) >= 11 is 0. The van der Waals surface area contributed by atoms with Gasteiger partial charge < -0.3 is 4.74 Å². The molecule has 0 heterocycles. The Kier molecular flexibility index (Phi) is 13.1. The minimum Gasteiger partial charge on any atom is -0.466 e. The highest BCUT2D eigenvalue weighted by Crippen LogP contribution is 2.13. The Hall–Kier alpha value is -0.790. The molecule has 0 aromatic rings. The summed E-state index contributed by atoms with van der Waals surface area (Å²) in [5.74, 6) is 0.570. The molecule has 0 saturated carbocycles. The lowest BCUT2D eigenvalue weighted by molar-refractivity contribution is -0.141. The highest BCUT2D eigenvalue weighted by molar-refractivity contribution is 5.65. The normalized spacial score (nSPS) is 12.8.